The first-order chi connectivity index (χ1) is 27.7. The van der Waals surface area contributed by atoms with Gasteiger partial charge in [-0.15, -0.1) is 19.7 Å². The average molecular weight is 851 g/mol. The van der Waals surface area contributed by atoms with Crippen LogP contribution in [0, 0.1) is 11.3 Å². The zero-order valence-electron chi connectivity index (χ0n) is 33.6. The first-order valence-electron chi connectivity index (χ1n) is 19.3. The number of aromatic nitrogens is 2. The van der Waals surface area contributed by atoms with E-state index in [-0.39, 0.29) is 36.4 Å². The van der Waals surface area contributed by atoms with Gasteiger partial charge in [-0.05, 0) is 62.1 Å². The Bertz CT molecular complexity index is 2140. The van der Waals surface area contributed by atoms with Crippen LogP contribution in [0.15, 0.2) is 79.2 Å². The Morgan fingerprint density at radius 1 is 1.14 bits per heavy atom. The number of hydrogen-bond donors (Lipinski definition) is 5. The van der Waals surface area contributed by atoms with E-state index < -0.39 is 85.2 Å². The fourth-order valence-corrected chi connectivity index (χ4v) is 8.36. The molecule has 4 amide bonds. The Hall–Kier alpha value is -5.23. The van der Waals surface area contributed by atoms with Gasteiger partial charge in [-0.1, -0.05) is 70.0 Å². The third kappa shape index (κ3) is 11.5. The maximum absolute atomic E-state index is 14.2. The van der Waals surface area contributed by atoms with E-state index in [1.54, 1.807) is 45.0 Å². The number of allylic oxidation sites excluding steroid dienone is 1. The zero-order chi connectivity index (χ0) is 43.9. The van der Waals surface area contributed by atoms with Crippen molar-refractivity contribution in [3.63, 3.8) is 0 Å². The average Bonchev–Trinajstić information content (AvgIpc) is 4.06. The molecule has 3 aliphatic carbocycles. The smallest absolute Gasteiger partial charge is 0.405 e. The van der Waals surface area contributed by atoms with E-state index in [1.807, 2.05) is 0 Å². The summed E-state index contributed by atoms with van der Waals surface area (Å²) >= 11 is 0. The number of halogens is 2. The van der Waals surface area contributed by atoms with Gasteiger partial charge in [0.2, 0.25) is 21.8 Å². The summed E-state index contributed by atoms with van der Waals surface area (Å²) in [6, 6.07) is 4.46. The third-order valence-electron chi connectivity index (χ3n) is 10.4. The van der Waals surface area contributed by atoms with Crippen molar-refractivity contribution in [3.05, 3.63) is 90.4 Å². The largest absolute Gasteiger partial charge is 0.465 e. The molecule has 1 saturated heterocycles. The van der Waals surface area contributed by atoms with E-state index in [0.717, 1.165) is 25.7 Å². The molecule has 1 aromatic carbocycles. The van der Waals surface area contributed by atoms with Crippen LogP contribution in [0.4, 0.5) is 13.6 Å². The molecule has 2 heterocycles. The Morgan fingerprint density at radius 3 is 2.36 bits per heavy atom. The molecule has 1 aliphatic heterocycles. The Labute approximate surface area is 346 Å². The first kappa shape index (κ1) is 46.5. The number of likely N-dealkylation sites (tertiary alicyclic amines) is 1. The number of H-pyrrole nitrogens is 1. The number of para-hydroxylation sites is 2. The minimum atomic E-state index is -3.82. The van der Waals surface area contributed by atoms with E-state index in [9.17, 15) is 46.3 Å². The van der Waals surface area contributed by atoms with Gasteiger partial charge in [0.15, 0.2) is 5.69 Å². The quantitative estimate of drug-likeness (QED) is 0.158. The Kier molecular flexibility index (Phi) is 14.8. The molecule has 4 aliphatic rings. The summed E-state index contributed by atoms with van der Waals surface area (Å²) in [7, 11) is -3.82. The predicted molar refractivity (Wildman–Crippen MR) is 224 cm³/mol. The van der Waals surface area contributed by atoms with Gasteiger partial charge in [0.05, 0.1) is 29.0 Å². The highest BCUT2D eigenvalue weighted by atomic mass is 32.2. The molecular formula is C41H60F2N6O9S. The molecule has 15 nitrogen and oxygen atoms in total. The summed E-state index contributed by atoms with van der Waals surface area (Å²) in [6.45, 7) is 18.8. The lowest BCUT2D eigenvalue weighted by atomic mass is 9.85. The zero-order valence-corrected chi connectivity index (χ0v) is 34.4. The number of carboxylic acid groups (broad SMARTS) is 1. The maximum atomic E-state index is 14.2. The van der Waals surface area contributed by atoms with E-state index in [4.69, 9.17) is 4.74 Å². The molecule has 1 aromatic heterocycles. The van der Waals surface area contributed by atoms with Crippen LogP contribution in [0.25, 0.3) is 11.0 Å². The molecule has 0 bridgehead atoms. The normalized spacial score (nSPS) is 22.4. The second-order valence-corrected chi connectivity index (χ2v) is 18.0. The van der Waals surface area contributed by atoms with Crippen molar-refractivity contribution in [1.29, 1.82) is 0 Å². The molecule has 5 N–H and O–H groups in total. The number of carbonyl (C=O) groups is 4. The van der Waals surface area contributed by atoms with Crippen LogP contribution in [0.3, 0.4) is 0 Å². The van der Waals surface area contributed by atoms with E-state index in [2.05, 4.69) is 51.6 Å². The van der Waals surface area contributed by atoms with Crippen LogP contribution >= 0.6 is 0 Å². The van der Waals surface area contributed by atoms with Crippen LogP contribution < -0.4 is 20.9 Å². The number of fused-ring (bicyclic) bond motifs is 1. The molecule has 328 valence electrons. The van der Waals surface area contributed by atoms with Gasteiger partial charge in [0.1, 0.15) is 17.6 Å². The molecule has 0 radical (unpaired) electrons. The second kappa shape index (κ2) is 18.8. The molecule has 18 heteroatoms. The Morgan fingerprint density at radius 2 is 1.78 bits per heavy atom. The van der Waals surface area contributed by atoms with Gasteiger partial charge in [-0.25, -0.2) is 18.2 Å². The highest BCUT2D eigenvalue weighted by Gasteiger charge is 2.62. The fourth-order valence-electron chi connectivity index (χ4n) is 7.00. The maximum Gasteiger partial charge on any atom is 0.405 e. The van der Waals surface area contributed by atoms with Crippen molar-refractivity contribution in [2.24, 2.45) is 11.3 Å². The molecule has 3 saturated carbocycles. The summed E-state index contributed by atoms with van der Waals surface area (Å²) in [5.41, 5.74) is -2.56. The summed E-state index contributed by atoms with van der Waals surface area (Å²) < 4.78 is 60.6. The van der Waals surface area contributed by atoms with Gasteiger partial charge < -0.3 is 30.4 Å². The van der Waals surface area contributed by atoms with Gasteiger partial charge in [0, 0.05) is 16.7 Å². The van der Waals surface area contributed by atoms with Crippen LogP contribution in [0.2, 0.25) is 0 Å². The topological polar surface area (TPSA) is 217 Å². The van der Waals surface area contributed by atoms with Crippen molar-refractivity contribution in [2.75, 3.05) is 13.2 Å². The van der Waals surface area contributed by atoms with E-state index in [1.165, 1.54) is 17.1 Å². The fraction of sp³-hybridized carbons (Fsp3) is 0.512. The minimum absolute atomic E-state index is 0. The molecule has 4 atom stereocenters. The number of alkyl halides is 2. The number of amides is 4. The number of nitrogens with one attached hydrogen (secondary N) is 4. The molecule has 2 aromatic rings. The highest BCUT2D eigenvalue weighted by Crippen LogP contribution is 2.45. The van der Waals surface area contributed by atoms with E-state index in [0.29, 0.717) is 35.5 Å². The van der Waals surface area contributed by atoms with Gasteiger partial charge in [-0.3, -0.25) is 23.9 Å². The van der Waals surface area contributed by atoms with Gasteiger partial charge in [0.25, 0.3) is 11.5 Å². The number of hydrogen-bond acceptors (Lipinski definition) is 9. The van der Waals surface area contributed by atoms with Crippen LogP contribution in [0.1, 0.15) is 82.1 Å². The van der Waals surface area contributed by atoms with Gasteiger partial charge >= 0.3 is 12.0 Å². The van der Waals surface area contributed by atoms with Crippen molar-refractivity contribution in [2.45, 2.75) is 107 Å². The van der Waals surface area contributed by atoms with E-state index >= 15 is 0 Å². The summed E-state index contributed by atoms with van der Waals surface area (Å²) in [5.74, 6) is -5.95. The lowest BCUT2D eigenvalue weighted by Gasteiger charge is -2.35. The number of ether oxygens (including phenoxy) is 1. The lowest BCUT2D eigenvalue weighted by Crippen LogP contribution is -2.60. The molecular weight excluding hydrogens is 791 g/mol. The third-order valence-corrected chi connectivity index (χ3v) is 12.3. The van der Waals surface area contributed by atoms with Gasteiger partial charge in [-0.2, -0.15) is 8.78 Å². The summed E-state index contributed by atoms with van der Waals surface area (Å²) in [6.07, 6.45) is 7.71. The SMILES string of the molecule is C=C.C=C[C@@H]1C[C@]1(NC(=O)[C@@H]1CC(=C)CN1C(=O)[C@@H](NC(=O)O)C(C)(C)C)C(=O)NS(=O)(=O)C1CC1.O=c1[nH]c2ccccc2nc1C(F)(F)/C=C/COC1CCCC1.[HH].[HH].[HH]. The number of aromatic amines is 1. The molecule has 0 spiro atoms. The standard InChI is InChI=1S/C22H32N4O7S.C17H18F2N2O2.C2H4.3H2/c1-6-13-10-22(13,19(29)25-34(32,33)14-7-8-14)24-17(27)15-9-12(2)11-26(15)18(28)16(21(3,4)5)23-20(30)31;18-17(19,10-5-11-23-12-6-1-2-7-12)15-16(22)21-14-9-4-3-8-13(14)20-15;1-2;;;/h6,13-16,23H,1-2,7-11H2,3-5H3,(H,24,27)(H,25,29)(H,30,31);3-5,8-10,12H,1-2,6-7,11H2,(H,21,22);1-2H2;3*1H/b;10-5+;;;;/t13-,15+,16-,22-;;;;;/m1...../s1. The number of nitrogens with zero attached hydrogens (tertiary/aromatic N) is 2. The Balaban J connectivity index is 0.000000602. The molecule has 4 fully saturated rings. The van der Waals surface area contributed by atoms with Crippen molar-refractivity contribution >= 4 is 44.9 Å². The van der Waals surface area contributed by atoms with Crippen molar-refractivity contribution in [3.8, 4) is 0 Å². The van der Waals surface area contributed by atoms with Crippen LogP contribution in [0.5, 0.6) is 0 Å². The molecule has 6 rings (SSSR count). The summed E-state index contributed by atoms with van der Waals surface area (Å²) in [4.78, 5) is 70.1. The highest BCUT2D eigenvalue weighted by molar-refractivity contribution is 7.91. The predicted octanol–water partition coefficient (Wildman–Crippen LogP) is 5.57. The summed E-state index contributed by atoms with van der Waals surface area (Å²) in [5, 5.41) is 13.5. The molecule has 59 heavy (non-hydrogen) atoms. The van der Waals surface area contributed by atoms with Crippen LogP contribution in [-0.2, 0) is 35.1 Å². The number of carbonyl (C=O) groups excluding carboxylic acids is 3. The van der Waals surface area contributed by atoms with Crippen LogP contribution in [-0.4, -0.2) is 94.3 Å². The number of benzene rings is 1. The van der Waals surface area contributed by atoms with Crippen molar-refractivity contribution < 1.29 is 50.5 Å². The first-order valence-corrected chi connectivity index (χ1v) is 20.9. The minimum Gasteiger partial charge on any atom is -0.465 e. The second-order valence-electron chi connectivity index (χ2n) is 16.1. The number of rotatable bonds is 13. The molecule has 0 unspecified atom stereocenters. The monoisotopic (exact) mass is 850 g/mol. The number of sulfonamides is 1. The lowest BCUT2D eigenvalue weighted by molar-refractivity contribution is -0.142. The van der Waals surface area contributed by atoms with Crippen molar-refractivity contribution in [1.82, 2.24) is 30.2 Å².